The van der Waals surface area contributed by atoms with E-state index in [9.17, 15) is 4.79 Å². The molecule has 0 radical (unpaired) electrons. The number of piperidine rings is 1. The van der Waals surface area contributed by atoms with Crippen LogP contribution in [0, 0.1) is 0 Å². The first-order valence-corrected chi connectivity index (χ1v) is 8.71. The molecule has 4 rings (SSSR count). The number of hydrogen-bond donors (Lipinski definition) is 1. The highest BCUT2D eigenvalue weighted by Gasteiger charge is 2.25. The number of nitrogens with zero attached hydrogens (tertiary/aromatic N) is 1. The molecule has 0 aliphatic carbocycles. The second-order valence-electron chi connectivity index (χ2n) is 6.37. The van der Waals surface area contributed by atoms with Gasteiger partial charge in [-0.05, 0) is 48.6 Å². The Morgan fingerprint density at radius 3 is 2.58 bits per heavy atom. The third-order valence-corrected chi connectivity index (χ3v) is 5.15. The lowest BCUT2D eigenvalue weighted by molar-refractivity contribution is 0.0713. The Hall–Kier alpha value is -2.26. The molecule has 1 aliphatic heterocycles. The molecule has 0 atom stereocenters. The maximum absolute atomic E-state index is 12.5. The second-order valence-corrected chi connectivity index (χ2v) is 6.80. The summed E-state index contributed by atoms with van der Waals surface area (Å²) in [6.45, 7) is 1.61. The van der Waals surface area contributed by atoms with Gasteiger partial charge >= 0.3 is 0 Å². The topological polar surface area (TPSA) is 36.1 Å². The molecule has 2 heterocycles. The van der Waals surface area contributed by atoms with Crippen molar-refractivity contribution in [3.63, 3.8) is 0 Å². The Bertz CT molecular complexity index is 864. The molecule has 1 fully saturated rings. The maximum atomic E-state index is 12.5. The van der Waals surface area contributed by atoms with Crippen molar-refractivity contribution in [2.75, 3.05) is 13.1 Å². The van der Waals surface area contributed by atoms with Gasteiger partial charge < -0.3 is 9.88 Å². The van der Waals surface area contributed by atoms with E-state index < -0.39 is 0 Å². The van der Waals surface area contributed by atoms with Crippen LogP contribution in [-0.2, 0) is 0 Å². The van der Waals surface area contributed by atoms with Crippen LogP contribution in [0.4, 0.5) is 0 Å². The summed E-state index contributed by atoms with van der Waals surface area (Å²) < 4.78 is 0. The molecular weight excluding hydrogens is 320 g/mol. The first kappa shape index (κ1) is 15.3. The highest BCUT2D eigenvalue weighted by Crippen LogP contribution is 2.34. The van der Waals surface area contributed by atoms with Crippen molar-refractivity contribution in [1.29, 1.82) is 0 Å². The molecule has 3 nitrogen and oxygen atoms in total. The molecule has 1 aliphatic rings. The molecule has 1 aromatic heterocycles. The number of amides is 1. The van der Waals surface area contributed by atoms with Gasteiger partial charge in [-0.1, -0.05) is 35.9 Å². The quantitative estimate of drug-likeness (QED) is 0.713. The Kier molecular flexibility index (Phi) is 4.03. The minimum absolute atomic E-state index is 0.139. The monoisotopic (exact) mass is 338 g/mol. The van der Waals surface area contributed by atoms with E-state index in [1.54, 1.807) is 0 Å². The van der Waals surface area contributed by atoms with E-state index in [-0.39, 0.29) is 5.91 Å². The van der Waals surface area contributed by atoms with Crippen LogP contribution in [-0.4, -0.2) is 28.9 Å². The van der Waals surface area contributed by atoms with Gasteiger partial charge in [0.15, 0.2) is 0 Å². The molecule has 0 bridgehead atoms. The number of carbonyl (C=O) groups is 1. The van der Waals surface area contributed by atoms with Gasteiger partial charge in [-0.2, -0.15) is 0 Å². The number of aromatic nitrogens is 1. The number of fused-ring (bicyclic) bond motifs is 1. The molecular formula is C20H19ClN2O. The van der Waals surface area contributed by atoms with E-state index in [1.165, 1.54) is 10.9 Å². The van der Waals surface area contributed by atoms with E-state index in [1.807, 2.05) is 47.4 Å². The summed E-state index contributed by atoms with van der Waals surface area (Å²) >= 11 is 6.06. The van der Waals surface area contributed by atoms with Gasteiger partial charge in [0.25, 0.3) is 5.91 Å². The third-order valence-electron chi connectivity index (χ3n) is 4.92. The van der Waals surface area contributed by atoms with E-state index >= 15 is 0 Å². The molecule has 0 spiro atoms. The molecule has 3 aromatic rings. The van der Waals surface area contributed by atoms with E-state index in [0.717, 1.165) is 42.0 Å². The van der Waals surface area contributed by atoms with Crippen molar-refractivity contribution < 1.29 is 4.79 Å². The number of H-pyrrole nitrogens is 1. The van der Waals surface area contributed by atoms with Crippen molar-refractivity contribution in [3.05, 3.63) is 70.9 Å². The lowest BCUT2D eigenvalue weighted by Gasteiger charge is -2.32. The van der Waals surface area contributed by atoms with Crippen LogP contribution in [0.3, 0.4) is 0 Å². The predicted octanol–water partition coefficient (Wildman–Crippen LogP) is 4.84. The minimum Gasteiger partial charge on any atom is -0.361 e. The number of benzene rings is 2. The zero-order valence-electron chi connectivity index (χ0n) is 13.3. The molecule has 2 aromatic carbocycles. The predicted molar refractivity (Wildman–Crippen MR) is 97.6 cm³/mol. The van der Waals surface area contributed by atoms with Crippen LogP contribution in [0.25, 0.3) is 10.9 Å². The normalized spacial score (nSPS) is 15.8. The molecule has 1 amide bonds. The van der Waals surface area contributed by atoms with Crippen molar-refractivity contribution in [2.24, 2.45) is 0 Å². The summed E-state index contributed by atoms with van der Waals surface area (Å²) in [5.41, 5.74) is 3.20. The largest absolute Gasteiger partial charge is 0.361 e. The van der Waals surface area contributed by atoms with Gasteiger partial charge in [0, 0.05) is 40.8 Å². The molecule has 0 saturated carbocycles. The Morgan fingerprint density at radius 1 is 1.08 bits per heavy atom. The van der Waals surface area contributed by atoms with E-state index in [4.69, 9.17) is 11.6 Å². The van der Waals surface area contributed by atoms with Crippen molar-refractivity contribution >= 4 is 28.4 Å². The number of hydrogen-bond acceptors (Lipinski definition) is 1. The first-order valence-electron chi connectivity index (χ1n) is 8.33. The Balaban J connectivity index is 1.48. The van der Waals surface area contributed by atoms with Gasteiger partial charge in [0.1, 0.15) is 0 Å². The summed E-state index contributed by atoms with van der Waals surface area (Å²) in [6, 6.07) is 15.5. The summed E-state index contributed by atoms with van der Waals surface area (Å²) in [4.78, 5) is 17.8. The van der Waals surface area contributed by atoms with Gasteiger partial charge in [-0.15, -0.1) is 0 Å². The highest BCUT2D eigenvalue weighted by molar-refractivity contribution is 6.31. The van der Waals surface area contributed by atoms with Crippen LogP contribution in [0.2, 0.25) is 5.02 Å². The van der Waals surface area contributed by atoms with Crippen LogP contribution in [0.1, 0.15) is 34.7 Å². The standard InChI is InChI=1S/C20H19ClN2O/c21-16-6-7-17-18(13-22-19(17)12-16)14-8-10-23(11-9-14)20(24)15-4-2-1-3-5-15/h1-7,12-14,22H,8-11H2. The fraction of sp³-hybridized carbons (Fsp3) is 0.250. The van der Waals surface area contributed by atoms with Crippen molar-refractivity contribution in [1.82, 2.24) is 9.88 Å². The highest BCUT2D eigenvalue weighted by atomic mass is 35.5. The minimum atomic E-state index is 0.139. The summed E-state index contributed by atoms with van der Waals surface area (Å²) in [7, 11) is 0. The lowest BCUT2D eigenvalue weighted by Crippen LogP contribution is -2.37. The average Bonchev–Trinajstić information content (AvgIpc) is 3.05. The van der Waals surface area contributed by atoms with Crippen LogP contribution >= 0.6 is 11.6 Å². The zero-order valence-corrected chi connectivity index (χ0v) is 14.1. The SMILES string of the molecule is O=C(c1ccccc1)N1CCC(c2c[nH]c3cc(Cl)ccc23)CC1. The van der Waals surface area contributed by atoms with Gasteiger partial charge in [0.05, 0.1) is 0 Å². The van der Waals surface area contributed by atoms with Gasteiger partial charge in [0.2, 0.25) is 0 Å². The molecule has 4 heteroatoms. The lowest BCUT2D eigenvalue weighted by atomic mass is 9.89. The van der Waals surface area contributed by atoms with Crippen molar-refractivity contribution in [3.8, 4) is 0 Å². The smallest absolute Gasteiger partial charge is 0.253 e. The number of likely N-dealkylation sites (tertiary alicyclic amines) is 1. The van der Waals surface area contributed by atoms with Crippen LogP contribution in [0.5, 0.6) is 0 Å². The van der Waals surface area contributed by atoms with Crippen LogP contribution in [0.15, 0.2) is 54.7 Å². The number of aromatic amines is 1. The molecule has 1 saturated heterocycles. The zero-order chi connectivity index (χ0) is 16.5. The number of halogens is 1. The summed E-state index contributed by atoms with van der Waals surface area (Å²) in [6.07, 6.45) is 4.09. The molecule has 24 heavy (non-hydrogen) atoms. The Morgan fingerprint density at radius 2 is 1.83 bits per heavy atom. The van der Waals surface area contributed by atoms with Gasteiger partial charge in [-0.25, -0.2) is 0 Å². The van der Waals surface area contributed by atoms with E-state index in [0.29, 0.717) is 5.92 Å². The van der Waals surface area contributed by atoms with E-state index in [2.05, 4.69) is 17.2 Å². The number of nitrogens with one attached hydrogen (secondary N) is 1. The second kappa shape index (κ2) is 6.33. The fourth-order valence-electron chi connectivity index (χ4n) is 3.62. The third kappa shape index (κ3) is 2.80. The fourth-order valence-corrected chi connectivity index (χ4v) is 3.79. The average molecular weight is 339 g/mol. The summed E-state index contributed by atoms with van der Waals surface area (Å²) in [5.74, 6) is 0.625. The van der Waals surface area contributed by atoms with Gasteiger partial charge in [-0.3, -0.25) is 4.79 Å². The Labute approximate surface area is 146 Å². The maximum Gasteiger partial charge on any atom is 0.253 e. The van der Waals surface area contributed by atoms with Crippen LogP contribution < -0.4 is 0 Å². The summed E-state index contributed by atoms with van der Waals surface area (Å²) in [5, 5.41) is 1.99. The molecule has 122 valence electrons. The number of rotatable bonds is 2. The first-order chi connectivity index (χ1) is 11.7. The number of carbonyl (C=O) groups excluding carboxylic acids is 1. The molecule has 1 N–H and O–H groups in total. The molecule has 0 unspecified atom stereocenters. The van der Waals surface area contributed by atoms with Crippen molar-refractivity contribution in [2.45, 2.75) is 18.8 Å².